The van der Waals surface area contributed by atoms with E-state index in [1.54, 1.807) is 0 Å². The van der Waals surface area contributed by atoms with Gasteiger partial charge >= 0.3 is 0 Å². The number of thioether (sulfide) groups is 1. The second-order valence-electron chi connectivity index (χ2n) is 7.37. The van der Waals surface area contributed by atoms with Crippen LogP contribution in [0.5, 0.6) is 0 Å². The molecule has 2 aromatic heterocycles. The molecule has 1 aliphatic rings. The van der Waals surface area contributed by atoms with Crippen molar-refractivity contribution in [3.05, 3.63) is 58.0 Å². The minimum atomic E-state index is 0.0201. The van der Waals surface area contributed by atoms with Gasteiger partial charge in [0.25, 0.3) is 5.56 Å². The van der Waals surface area contributed by atoms with Gasteiger partial charge in [-0.25, -0.2) is 4.98 Å². The van der Waals surface area contributed by atoms with Crippen LogP contribution >= 0.6 is 11.8 Å². The summed E-state index contributed by atoms with van der Waals surface area (Å²) in [5.74, 6) is 1.81. The average Bonchev–Trinajstić information content (AvgIpc) is 3.20. The molecule has 0 aliphatic heterocycles. The van der Waals surface area contributed by atoms with Gasteiger partial charge in [0, 0.05) is 13.0 Å². The Morgan fingerprint density at radius 3 is 2.90 bits per heavy atom. The van der Waals surface area contributed by atoms with Gasteiger partial charge in [0.05, 0.1) is 16.7 Å². The molecule has 0 bridgehead atoms. The summed E-state index contributed by atoms with van der Waals surface area (Å²) in [7, 11) is 0. The lowest BCUT2D eigenvalue weighted by molar-refractivity contribution is 0.384. The molecular formula is C22H26N4O2S. The quantitative estimate of drug-likeness (QED) is 0.298. The Kier molecular flexibility index (Phi) is 6.44. The lowest BCUT2D eigenvalue weighted by Gasteiger charge is -2.16. The number of benzene rings is 1. The third-order valence-corrected chi connectivity index (χ3v) is 6.14. The van der Waals surface area contributed by atoms with Crippen LogP contribution in [0.25, 0.3) is 10.9 Å². The van der Waals surface area contributed by atoms with E-state index in [1.807, 2.05) is 28.8 Å². The molecular weight excluding hydrogens is 384 g/mol. The van der Waals surface area contributed by atoms with Gasteiger partial charge in [-0.15, -0.1) is 0 Å². The molecule has 0 unspecified atom stereocenters. The molecule has 0 atom stereocenters. The van der Waals surface area contributed by atoms with Gasteiger partial charge < -0.3 is 4.52 Å². The van der Waals surface area contributed by atoms with Crippen LogP contribution in [-0.2, 0) is 18.7 Å². The summed E-state index contributed by atoms with van der Waals surface area (Å²) in [6.07, 6.45) is 9.83. The summed E-state index contributed by atoms with van der Waals surface area (Å²) in [4.78, 5) is 22.4. The number of aromatic nitrogens is 4. The zero-order chi connectivity index (χ0) is 20.1. The molecule has 7 heteroatoms. The molecule has 0 N–H and O–H groups in total. The number of aryl methyl sites for hydroxylation is 1. The van der Waals surface area contributed by atoms with Crippen LogP contribution in [0, 0.1) is 0 Å². The molecule has 0 saturated carbocycles. The molecule has 1 aliphatic carbocycles. The summed E-state index contributed by atoms with van der Waals surface area (Å²) in [6.45, 7) is 2.74. The average molecular weight is 411 g/mol. The van der Waals surface area contributed by atoms with Crippen LogP contribution in [0.15, 0.2) is 50.4 Å². The summed E-state index contributed by atoms with van der Waals surface area (Å²) in [5.41, 5.74) is 2.20. The number of allylic oxidation sites excluding steroid dienone is 2. The largest absolute Gasteiger partial charge is 0.338 e. The molecule has 0 amide bonds. The third kappa shape index (κ3) is 4.78. The van der Waals surface area contributed by atoms with E-state index in [-0.39, 0.29) is 5.56 Å². The maximum absolute atomic E-state index is 13.2. The van der Waals surface area contributed by atoms with Crippen molar-refractivity contribution in [2.45, 2.75) is 69.3 Å². The zero-order valence-electron chi connectivity index (χ0n) is 16.8. The normalized spacial score (nSPS) is 14.3. The first-order valence-corrected chi connectivity index (χ1v) is 11.3. The van der Waals surface area contributed by atoms with Crippen molar-refractivity contribution >= 4 is 22.7 Å². The topological polar surface area (TPSA) is 73.8 Å². The van der Waals surface area contributed by atoms with Crippen LogP contribution in [0.1, 0.15) is 57.2 Å². The predicted molar refractivity (Wildman–Crippen MR) is 115 cm³/mol. The van der Waals surface area contributed by atoms with E-state index in [0.717, 1.165) is 43.4 Å². The van der Waals surface area contributed by atoms with E-state index in [9.17, 15) is 4.79 Å². The van der Waals surface area contributed by atoms with Crippen molar-refractivity contribution in [3.8, 4) is 0 Å². The molecule has 4 rings (SSSR count). The number of nitrogens with zero attached hydrogens (tertiary/aromatic N) is 4. The van der Waals surface area contributed by atoms with Gasteiger partial charge in [-0.3, -0.25) is 9.36 Å². The van der Waals surface area contributed by atoms with Crippen molar-refractivity contribution in [2.24, 2.45) is 0 Å². The van der Waals surface area contributed by atoms with Gasteiger partial charge in [0.1, 0.15) is 0 Å². The fraction of sp³-hybridized carbons (Fsp3) is 0.455. The smallest absolute Gasteiger partial charge is 0.262 e. The van der Waals surface area contributed by atoms with E-state index in [4.69, 9.17) is 9.51 Å². The first-order valence-electron chi connectivity index (χ1n) is 10.4. The lowest BCUT2D eigenvalue weighted by Crippen LogP contribution is -2.24. The van der Waals surface area contributed by atoms with E-state index < -0.39 is 0 Å². The molecule has 6 nitrogen and oxygen atoms in total. The molecule has 0 saturated heterocycles. The van der Waals surface area contributed by atoms with Crippen molar-refractivity contribution in [1.82, 2.24) is 19.7 Å². The second kappa shape index (κ2) is 9.39. The van der Waals surface area contributed by atoms with Crippen LogP contribution in [0.2, 0.25) is 0 Å². The fourth-order valence-electron chi connectivity index (χ4n) is 3.64. The number of para-hydroxylation sites is 1. The van der Waals surface area contributed by atoms with Gasteiger partial charge in [-0.1, -0.05) is 47.6 Å². The molecule has 3 aromatic rings. The van der Waals surface area contributed by atoms with Crippen molar-refractivity contribution < 1.29 is 4.52 Å². The van der Waals surface area contributed by atoms with Crippen molar-refractivity contribution in [1.29, 1.82) is 0 Å². The first-order chi connectivity index (χ1) is 14.2. The van der Waals surface area contributed by atoms with E-state index in [2.05, 4.69) is 23.1 Å². The van der Waals surface area contributed by atoms with Crippen LogP contribution < -0.4 is 5.56 Å². The Morgan fingerprint density at radius 2 is 2.07 bits per heavy atom. The van der Waals surface area contributed by atoms with Gasteiger partial charge in [0.2, 0.25) is 5.89 Å². The molecule has 2 heterocycles. The Hall–Kier alpha value is -2.41. The van der Waals surface area contributed by atoms with Crippen molar-refractivity contribution in [2.75, 3.05) is 0 Å². The van der Waals surface area contributed by atoms with Gasteiger partial charge in [0.15, 0.2) is 11.0 Å². The van der Waals surface area contributed by atoms with E-state index in [0.29, 0.717) is 28.7 Å². The SMILES string of the molecule is CCCc1noc(CSc2nc3ccccc3c(=O)n2CCC2=CCCCC2)n1. The Morgan fingerprint density at radius 1 is 1.17 bits per heavy atom. The Bertz CT molecular complexity index is 1070. The van der Waals surface area contributed by atoms with E-state index in [1.165, 1.54) is 30.2 Å². The molecule has 152 valence electrons. The van der Waals surface area contributed by atoms with E-state index >= 15 is 0 Å². The monoisotopic (exact) mass is 410 g/mol. The number of hydrogen-bond acceptors (Lipinski definition) is 6. The standard InChI is InChI=1S/C22H26N4O2S/c1-2-8-19-24-20(28-25-19)15-29-22-23-18-12-7-6-11-17(18)21(27)26(22)14-13-16-9-4-3-5-10-16/h6-7,9,11-12H,2-5,8,10,13-15H2,1H3. The molecule has 0 spiro atoms. The number of hydrogen-bond donors (Lipinski definition) is 0. The maximum Gasteiger partial charge on any atom is 0.262 e. The molecule has 0 fully saturated rings. The first kappa shape index (κ1) is 19.9. The minimum Gasteiger partial charge on any atom is -0.338 e. The summed E-state index contributed by atoms with van der Waals surface area (Å²) in [5, 5.41) is 5.38. The second-order valence-corrected chi connectivity index (χ2v) is 8.31. The highest BCUT2D eigenvalue weighted by molar-refractivity contribution is 7.98. The molecule has 29 heavy (non-hydrogen) atoms. The highest BCUT2D eigenvalue weighted by atomic mass is 32.2. The zero-order valence-corrected chi connectivity index (χ0v) is 17.6. The number of rotatable bonds is 8. The highest BCUT2D eigenvalue weighted by Gasteiger charge is 2.15. The Labute approximate surface area is 174 Å². The minimum absolute atomic E-state index is 0.0201. The van der Waals surface area contributed by atoms with Crippen LogP contribution in [0.3, 0.4) is 0 Å². The van der Waals surface area contributed by atoms with Gasteiger partial charge in [-0.05, 0) is 50.7 Å². The Balaban J connectivity index is 1.59. The summed E-state index contributed by atoms with van der Waals surface area (Å²) < 4.78 is 7.16. The summed E-state index contributed by atoms with van der Waals surface area (Å²) >= 11 is 1.48. The lowest BCUT2D eigenvalue weighted by atomic mass is 9.97. The van der Waals surface area contributed by atoms with Gasteiger partial charge in [-0.2, -0.15) is 4.98 Å². The van der Waals surface area contributed by atoms with Crippen LogP contribution in [-0.4, -0.2) is 19.7 Å². The highest BCUT2D eigenvalue weighted by Crippen LogP contribution is 2.24. The molecule has 0 radical (unpaired) electrons. The predicted octanol–water partition coefficient (Wildman–Crippen LogP) is 4.91. The fourth-order valence-corrected chi connectivity index (χ4v) is 4.51. The third-order valence-electron chi connectivity index (χ3n) is 5.18. The molecule has 1 aromatic carbocycles. The number of fused-ring (bicyclic) bond motifs is 1. The summed E-state index contributed by atoms with van der Waals surface area (Å²) in [6, 6.07) is 7.54. The van der Waals surface area contributed by atoms with Crippen LogP contribution in [0.4, 0.5) is 0 Å². The van der Waals surface area contributed by atoms with Crippen molar-refractivity contribution in [3.63, 3.8) is 0 Å². The maximum atomic E-state index is 13.2.